The summed E-state index contributed by atoms with van der Waals surface area (Å²) in [7, 11) is 1.85. The zero-order valence-electron chi connectivity index (χ0n) is 12.8. The zero-order valence-corrected chi connectivity index (χ0v) is 12.8. The number of amides is 1. The lowest BCUT2D eigenvalue weighted by molar-refractivity contribution is -0.241. The van der Waals surface area contributed by atoms with Gasteiger partial charge in [0, 0.05) is 18.5 Å². The maximum atomic E-state index is 11.8. The van der Waals surface area contributed by atoms with Gasteiger partial charge in [0.05, 0.1) is 5.60 Å². The maximum Gasteiger partial charge on any atom is 0.223 e. The maximum absolute atomic E-state index is 11.8. The van der Waals surface area contributed by atoms with Gasteiger partial charge in [0.25, 0.3) is 0 Å². The molecule has 0 aromatic heterocycles. The van der Waals surface area contributed by atoms with E-state index in [2.05, 4.69) is 5.32 Å². The zero-order chi connectivity index (χ0) is 14.6. The van der Waals surface area contributed by atoms with E-state index in [0.29, 0.717) is 6.54 Å². The summed E-state index contributed by atoms with van der Waals surface area (Å²) in [6.45, 7) is 8.34. The van der Waals surface area contributed by atoms with E-state index in [1.54, 1.807) is 0 Å². The van der Waals surface area contributed by atoms with Crippen LogP contribution in [-0.4, -0.2) is 47.6 Å². The van der Waals surface area contributed by atoms with E-state index in [0.717, 1.165) is 19.3 Å². The van der Waals surface area contributed by atoms with Crippen LogP contribution in [0.15, 0.2) is 0 Å². The second-order valence-electron chi connectivity index (χ2n) is 6.28. The fourth-order valence-corrected chi connectivity index (χ4v) is 2.46. The fraction of sp³-hybridized carbons (Fsp3) is 0.929. The van der Waals surface area contributed by atoms with Crippen molar-refractivity contribution in [1.82, 2.24) is 10.2 Å². The van der Waals surface area contributed by atoms with Crippen molar-refractivity contribution in [2.75, 3.05) is 13.6 Å². The minimum atomic E-state index is -0.919. The van der Waals surface area contributed by atoms with Crippen molar-refractivity contribution in [3.05, 3.63) is 0 Å². The normalized spacial score (nSPS) is 25.6. The molecule has 112 valence electrons. The smallest absolute Gasteiger partial charge is 0.223 e. The molecule has 1 amide bonds. The largest absolute Gasteiger partial charge is 0.356 e. The van der Waals surface area contributed by atoms with Crippen LogP contribution in [0.25, 0.3) is 0 Å². The number of nitrogens with zero attached hydrogens (tertiary/aromatic N) is 1. The molecule has 0 heterocycles. The lowest BCUT2D eigenvalue weighted by atomic mass is 10.1. The molecule has 0 aromatic carbocycles. The first kappa shape index (κ1) is 16.4. The van der Waals surface area contributed by atoms with Crippen molar-refractivity contribution in [3.63, 3.8) is 0 Å². The van der Waals surface area contributed by atoms with Gasteiger partial charge in [0.2, 0.25) is 12.3 Å². The molecule has 0 aliphatic heterocycles. The van der Waals surface area contributed by atoms with Crippen molar-refractivity contribution in [2.45, 2.75) is 65.0 Å². The van der Waals surface area contributed by atoms with Gasteiger partial charge in [-0.15, -0.1) is 0 Å². The number of ether oxygens (including phenoxy) is 1. The predicted octanol–water partition coefficient (Wildman–Crippen LogP) is 1.31. The molecule has 0 aromatic rings. The van der Waals surface area contributed by atoms with E-state index in [1.807, 2.05) is 39.6 Å². The van der Waals surface area contributed by atoms with Crippen LogP contribution >= 0.6 is 0 Å². The van der Waals surface area contributed by atoms with Gasteiger partial charge in [0.15, 0.2) is 0 Å². The minimum Gasteiger partial charge on any atom is -0.356 e. The Morgan fingerprint density at radius 1 is 1.47 bits per heavy atom. The van der Waals surface area contributed by atoms with Gasteiger partial charge >= 0.3 is 0 Å². The van der Waals surface area contributed by atoms with E-state index in [9.17, 15) is 9.90 Å². The predicted molar refractivity (Wildman–Crippen MR) is 74.4 cm³/mol. The molecular weight excluding hydrogens is 244 g/mol. The Balaban J connectivity index is 2.47. The summed E-state index contributed by atoms with van der Waals surface area (Å²) in [5.74, 6) is 0.193. The summed E-state index contributed by atoms with van der Waals surface area (Å²) >= 11 is 0. The Labute approximate surface area is 116 Å². The molecule has 1 aliphatic carbocycles. The highest BCUT2D eigenvalue weighted by molar-refractivity contribution is 5.78. The molecule has 1 unspecified atom stereocenters. The second kappa shape index (κ2) is 6.68. The number of carbonyl (C=O) groups excluding carboxylic acids is 1. The molecule has 1 fully saturated rings. The van der Waals surface area contributed by atoms with Gasteiger partial charge in [-0.3, -0.25) is 9.69 Å². The summed E-state index contributed by atoms with van der Waals surface area (Å²) in [6.07, 6.45) is 1.66. The number of carbonyl (C=O) groups is 1. The summed E-state index contributed by atoms with van der Waals surface area (Å²) in [5.41, 5.74) is -0.384. The van der Waals surface area contributed by atoms with Crippen LogP contribution in [0.2, 0.25) is 0 Å². The van der Waals surface area contributed by atoms with Crippen molar-refractivity contribution >= 4 is 5.91 Å². The van der Waals surface area contributed by atoms with Crippen LogP contribution in [0.4, 0.5) is 0 Å². The highest BCUT2D eigenvalue weighted by atomic mass is 16.6. The summed E-state index contributed by atoms with van der Waals surface area (Å²) in [4.78, 5) is 13.6. The van der Waals surface area contributed by atoms with E-state index in [1.165, 1.54) is 0 Å². The Hall–Kier alpha value is -0.650. The molecule has 5 heteroatoms. The first-order valence-corrected chi connectivity index (χ1v) is 7.10. The van der Waals surface area contributed by atoms with Crippen LogP contribution in [0.3, 0.4) is 0 Å². The minimum absolute atomic E-state index is 0.0641. The van der Waals surface area contributed by atoms with Gasteiger partial charge in [-0.05, 0) is 54.0 Å². The van der Waals surface area contributed by atoms with Crippen molar-refractivity contribution in [1.29, 1.82) is 0 Å². The molecule has 1 aliphatic rings. The van der Waals surface area contributed by atoms with Crippen LogP contribution in [-0.2, 0) is 9.53 Å². The average Bonchev–Trinajstić information content (AvgIpc) is 2.75. The van der Waals surface area contributed by atoms with Crippen LogP contribution in [0.1, 0.15) is 47.0 Å². The highest BCUT2D eigenvalue weighted by Crippen LogP contribution is 2.30. The second-order valence-corrected chi connectivity index (χ2v) is 6.28. The first-order chi connectivity index (χ1) is 8.74. The van der Waals surface area contributed by atoms with Gasteiger partial charge in [-0.1, -0.05) is 0 Å². The first-order valence-electron chi connectivity index (χ1n) is 7.10. The quantitative estimate of drug-likeness (QED) is 0.741. The van der Waals surface area contributed by atoms with Crippen molar-refractivity contribution in [3.8, 4) is 0 Å². The van der Waals surface area contributed by atoms with E-state index < -0.39 is 6.41 Å². The molecule has 1 rings (SSSR count). The van der Waals surface area contributed by atoms with E-state index in [-0.39, 0.29) is 23.5 Å². The van der Waals surface area contributed by atoms with Gasteiger partial charge in [-0.25, -0.2) is 0 Å². The highest BCUT2D eigenvalue weighted by Gasteiger charge is 2.34. The molecule has 0 bridgehead atoms. The Kier molecular flexibility index (Phi) is 5.77. The molecule has 0 radical (unpaired) electrons. The Bertz CT molecular complexity index is 302. The molecule has 1 saturated carbocycles. The molecule has 2 N–H and O–H groups in total. The molecule has 0 saturated heterocycles. The van der Waals surface area contributed by atoms with Crippen molar-refractivity contribution in [2.24, 2.45) is 5.92 Å². The Morgan fingerprint density at radius 3 is 2.63 bits per heavy atom. The molecule has 3 atom stereocenters. The molecule has 5 nitrogen and oxygen atoms in total. The number of hydrogen-bond donors (Lipinski definition) is 2. The number of hydrogen-bond acceptors (Lipinski definition) is 4. The van der Waals surface area contributed by atoms with Crippen molar-refractivity contribution < 1.29 is 14.6 Å². The standard InChI is InChI=1S/C14H28N2O3/c1-6-15-12(17)10-7-8-11(9-10)16(5)13(18)19-14(2,3)4/h10-11,13,18H,6-9H2,1-5H3,(H,15,17)/t10-,11+,13?/m0/s1. The van der Waals surface area contributed by atoms with Gasteiger partial charge in [-0.2, -0.15) is 0 Å². The molecule has 19 heavy (non-hydrogen) atoms. The van der Waals surface area contributed by atoms with E-state index >= 15 is 0 Å². The third-order valence-electron chi connectivity index (χ3n) is 3.51. The summed E-state index contributed by atoms with van der Waals surface area (Å²) in [5, 5.41) is 12.9. The van der Waals surface area contributed by atoms with Crippen LogP contribution in [0.5, 0.6) is 0 Å². The van der Waals surface area contributed by atoms with Crippen LogP contribution < -0.4 is 5.32 Å². The fourth-order valence-electron chi connectivity index (χ4n) is 2.46. The number of rotatable bonds is 5. The SMILES string of the molecule is CCNC(=O)[C@H]1CC[C@@H](N(C)C(O)OC(C)(C)C)C1. The lowest BCUT2D eigenvalue weighted by Gasteiger charge is -2.33. The lowest BCUT2D eigenvalue weighted by Crippen LogP contribution is -2.44. The number of aliphatic hydroxyl groups excluding tert-OH is 1. The molecule has 0 spiro atoms. The number of aliphatic hydroxyl groups is 1. The van der Waals surface area contributed by atoms with Gasteiger partial charge in [0.1, 0.15) is 0 Å². The topological polar surface area (TPSA) is 61.8 Å². The third kappa shape index (κ3) is 5.09. The Morgan fingerprint density at radius 2 is 2.11 bits per heavy atom. The summed E-state index contributed by atoms with van der Waals surface area (Å²) in [6, 6.07) is 0.199. The van der Waals surface area contributed by atoms with Gasteiger partial charge < -0.3 is 15.2 Å². The van der Waals surface area contributed by atoms with Crippen LogP contribution in [0, 0.1) is 5.92 Å². The molecular formula is C14H28N2O3. The summed E-state index contributed by atoms with van der Waals surface area (Å²) < 4.78 is 5.54. The van der Waals surface area contributed by atoms with E-state index in [4.69, 9.17) is 4.74 Å². The average molecular weight is 272 g/mol. The number of nitrogens with one attached hydrogen (secondary N) is 1. The monoisotopic (exact) mass is 272 g/mol. The third-order valence-corrected chi connectivity index (χ3v) is 3.51.